The summed E-state index contributed by atoms with van der Waals surface area (Å²) in [6.45, 7) is 9.24. The first-order chi connectivity index (χ1) is 13.1. The third-order valence-corrected chi connectivity index (χ3v) is 6.03. The molecule has 2 aliphatic rings. The standard InChI is InChI=1S/C23H22N2O2/c1-4-14-13(3)27-12-19-17(14)10-21-22-18(11-25(21)23(19)26)15(5-2)16-8-6-7-9-20(16)24-22/h6-10,14H,3-5,11-12H2,1-2H3. The van der Waals surface area contributed by atoms with Crippen LogP contribution >= 0.6 is 0 Å². The molecule has 3 aromatic rings. The van der Waals surface area contributed by atoms with Gasteiger partial charge in [0.2, 0.25) is 0 Å². The van der Waals surface area contributed by atoms with E-state index in [0.29, 0.717) is 13.2 Å². The van der Waals surface area contributed by atoms with Crippen molar-refractivity contribution in [2.45, 2.75) is 45.8 Å². The molecule has 5 rings (SSSR count). The minimum Gasteiger partial charge on any atom is -0.493 e. The molecule has 1 unspecified atom stereocenters. The summed E-state index contributed by atoms with van der Waals surface area (Å²) in [4.78, 5) is 18.2. The molecule has 4 heterocycles. The summed E-state index contributed by atoms with van der Waals surface area (Å²) in [5.41, 5.74) is 7.25. The van der Waals surface area contributed by atoms with Crippen LogP contribution in [0.2, 0.25) is 0 Å². The van der Waals surface area contributed by atoms with Crippen LogP contribution in [0.1, 0.15) is 48.4 Å². The van der Waals surface area contributed by atoms with Gasteiger partial charge in [-0.2, -0.15) is 0 Å². The zero-order valence-electron chi connectivity index (χ0n) is 15.7. The van der Waals surface area contributed by atoms with E-state index in [0.717, 1.165) is 46.6 Å². The molecule has 0 aliphatic carbocycles. The molecule has 2 aliphatic heterocycles. The lowest BCUT2D eigenvalue weighted by Gasteiger charge is -2.27. The largest absolute Gasteiger partial charge is 0.493 e. The third kappa shape index (κ3) is 2.16. The van der Waals surface area contributed by atoms with Crippen molar-refractivity contribution in [1.29, 1.82) is 0 Å². The first-order valence-corrected chi connectivity index (χ1v) is 9.63. The van der Waals surface area contributed by atoms with Gasteiger partial charge in [0.1, 0.15) is 6.61 Å². The van der Waals surface area contributed by atoms with Gasteiger partial charge in [0.05, 0.1) is 34.8 Å². The Hall–Kier alpha value is -2.88. The highest BCUT2D eigenvalue weighted by Gasteiger charge is 2.32. The molecule has 0 fully saturated rings. The van der Waals surface area contributed by atoms with E-state index in [1.807, 2.05) is 10.6 Å². The van der Waals surface area contributed by atoms with Crippen molar-refractivity contribution in [2.75, 3.05) is 0 Å². The average Bonchev–Trinajstić information content (AvgIpc) is 3.05. The third-order valence-electron chi connectivity index (χ3n) is 6.03. The Labute approximate surface area is 158 Å². The fraction of sp³-hybridized carbons (Fsp3) is 0.304. The quantitative estimate of drug-likeness (QED) is 0.529. The van der Waals surface area contributed by atoms with Gasteiger partial charge in [0, 0.05) is 16.9 Å². The van der Waals surface area contributed by atoms with Crippen LogP contribution in [0.3, 0.4) is 0 Å². The van der Waals surface area contributed by atoms with Crippen LogP contribution < -0.4 is 5.56 Å². The number of rotatable bonds is 2. The van der Waals surface area contributed by atoms with E-state index in [2.05, 4.69) is 44.7 Å². The Balaban J connectivity index is 1.82. The van der Waals surface area contributed by atoms with Crippen LogP contribution in [0.4, 0.5) is 0 Å². The zero-order valence-corrected chi connectivity index (χ0v) is 15.7. The summed E-state index contributed by atoms with van der Waals surface area (Å²) in [5.74, 6) is 0.829. The molecule has 4 heteroatoms. The number of hydrogen-bond donors (Lipinski definition) is 0. The van der Waals surface area contributed by atoms with E-state index in [1.54, 1.807) is 0 Å². The summed E-state index contributed by atoms with van der Waals surface area (Å²) in [7, 11) is 0. The van der Waals surface area contributed by atoms with Gasteiger partial charge < -0.3 is 9.30 Å². The molecule has 0 amide bonds. The van der Waals surface area contributed by atoms with Crippen molar-refractivity contribution in [2.24, 2.45) is 0 Å². The maximum absolute atomic E-state index is 13.3. The van der Waals surface area contributed by atoms with E-state index < -0.39 is 0 Å². The molecule has 27 heavy (non-hydrogen) atoms. The lowest BCUT2D eigenvalue weighted by Crippen LogP contribution is -2.29. The second kappa shape index (κ2) is 5.81. The average molecular weight is 358 g/mol. The minimum absolute atomic E-state index is 0.0533. The molecule has 0 spiro atoms. The highest BCUT2D eigenvalue weighted by atomic mass is 16.5. The van der Waals surface area contributed by atoms with Crippen LogP contribution in [0.15, 0.2) is 47.5 Å². The Morgan fingerprint density at radius 2 is 2.07 bits per heavy atom. The molecular weight excluding hydrogens is 336 g/mol. The SMILES string of the molecule is C=C1OCc2c(cc3n(c2=O)Cc2c-3nc3ccccc3c2CC)C1CC. The number of ether oxygens (including phenoxy) is 1. The van der Waals surface area contributed by atoms with Crippen molar-refractivity contribution in [3.05, 3.63) is 75.3 Å². The molecule has 0 bridgehead atoms. The fourth-order valence-corrected chi connectivity index (χ4v) is 4.67. The number of fused-ring (bicyclic) bond motifs is 5. The second-order valence-corrected chi connectivity index (χ2v) is 7.36. The summed E-state index contributed by atoms with van der Waals surface area (Å²) in [5, 5.41) is 1.19. The number of allylic oxidation sites excluding steroid dienone is 1. The highest BCUT2D eigenvalue weighted by Crippen LogP contribution is 2.40. The first-order valence-electron chi connectivity index (χ1n) is 9.63. The zero-order chi connectivity index (χ0) is 18.7. The van der Waals surface area contributed by atoms with Gasteiger partial charge in [0.15, 0.2) is 0 Å². The second-order valence-electron chi connectivity index (χ2n) is 7.36. The number of nitrogens with zero attached hydrogens (tertiary/aromatic N) is 2. The van der Waals surface area contributed by atoms with Gasteiger partial charge >= 0.3 is 0 Å². The fourth-order valence-electron chi connectivity index (χ4n) is 4.67. The number of benzene rings is 1. The number of hydrogen-bond acceptors (Lipinski definition) is 3. The van der Waals surface area contributed by atoms with Gasteiger partial charge in [-0.05, 0) is 36.1 Å². The number of aryl methyl sites for hydroxylation is 1. The van der Waals surface area contributed by atoms with Gasteiger partial charge in [0.25, 0.3) is 5.56 Å². The molecule has 2 aromatic heterocycles. The van der Waals surface area contributed by atoms with E-state index in [-0.39, 0.29) is 11.5 Å². The topological polar surface area (TPSA) is 44.1 Å². The number of aromatic nitrogens is 2. The van der Waals surface area contributed by atoms with Crippen molar-refractivity contribution in [3.63, 3.8) is 0 Å². The molecule has 4 nitrogen and oxygen atoms in total. The molecule has 1 aromatic carbocycles. The van der Waals surface area contributed by atoms with Crippen LogP contribution in [0, 0.1) is 0 Å². The Bertz CT molecular complexity index is 1170. The van der Waals surface area contributed by atoms with E-state index in [9.17, 15) is 4.79 Å². The van der Waals surface area contributed by atoms with Crippen LogP contribution in [0.5, 0.6) is 0 Å². The maximum Gasteiger partial charge on any atom is 0.258 e. The van der Waals surface area contributed by atoms with Crippen LogP contribution in [0.25, 0.3) is 22.3 Å². The Morgan fingerprint density at radius 3 is 2.85 bits per heavy atom. The Kier molecular flexibility index (Phi) is 3.51. The minimum atomic E-state index is 0.0533. The lowest BCUT2D eigenvalue weighted by molar-refractivity contribution is 0.162. The molecule has 0 saturated heterocycles. The molecule has 0 radical (unpaired) electrons. The maximum atomic E-state index is 13.3. The molecular formula is C23H22N2O2. The smallest absolute Gasteiger partial charge is 0.258 e. The summed E-state index contributed by atoms with van der Waals surface area (Å²) in [6, 6.07) is 10.4. The van der Waals surface area contributed by atoms with E-state index >= 15 is 0 Å². The molecule has 0 saturated carbocycles. The summed E-state index contributed by atoms with van der Waals surface area (Å²) >= 11 is 0. The Morgan fingerprint density at radius 1 is 1.26 bits per heavy atom. The summed E-state index contributed by atoms with van der Waals surface area (Å²) < 4.78 is 7.58. The van der Waals surface area contributed by atoms with Crippen molar-refractivity contribution in [1.82, 2.24) is 9.55 Å². The predicted octanol–water partition coefficient (Wildman–Crippen LogP) is 4.53. The number of para-hydroxylation sites is 1. The normalized spacial score (nSPS) is 17.4. The van der Waals surface area contributed by atoms with Crippen molar-refractivity contribution < 1.29 is 4.74 Å². The van der Waals surface area contributed by atoms with Gasteiger partial charge in [-0.3, -0.25) is 4.79 Å². The molecule has 136 valence electrons. The van der Waals surface area contributed by atoms with Gasteiger partial charge in [-0.25, -0.2) is 4.98 Å². The first kappa shape index (κ1) is 16.3. The van der Waals surface area contributed by atoms with Crippen LogP contribution in [-0.4, -0.2) is 9.55 Å². The molecule has 0 N–H and O–H groups in total. The highest BCUT2D eigenvalue weighted by molar-refractivity contribution is 5.88. The van der Waals surface area contributed by atoms with Crippen LogP contribution in [-0.2, 0) is 24.3 Å². The predicted molar refractivity (Wildman–Crippen MR) is 107 cm³/mol. The van der Waals surface area contributed by atoms with E-state index in [1.165, 1.54) is 16.5 Å². The summed E-state index contributed by atoms with van der Waals surface area (Å²) in [6.07, 6.45) is 1.79. The van der Waals surface area contributed by atoms with Gasteiger partial charge in [-0.1, -0.05) is 38.6 Å². The molecule has 1 atom stereocenters. The lowest BCUT2D eigenvalue weighted by atomic mass is 9.89. The number of pyridine rings is 2. The van der Waals surface area contributed by atoms with Crippen molar-refractivity contribution in [3.8, 4) is 11.4 Å². The monoisotopic (exact) mass is 358 g/mol. The van der Waals surface area contributed by atoms with Crippen molar-refractivity contribution >= 4 is 10.9 Å². The van der Waals surface area contributed by atoms with E-state index in [4.69, 9.17) is 9.72 Å². The van der Waals surface area contributed by atoms with Gasteiger partial charge in [-0.15, -0.1) is 0 Å².